The van der Waals surface area contributed by atoms with Crippen molar-refractivity contribution in [3.63, 3.8) is 0 Å². The van der Waals surface area contributed by atoms with Crippen LogP contribution in [0.25, 0.3) is 0 Å². The fourth-order valence-electron chi connectivity index (χ4n) is 1.45. The van der Waals surface area contributed by atoms with Crippen molar-refractivity contribution in [2.45, 2.75) is 19.9 Å². The third kappa shape index (κ3) is 2.31. The SMILES string of the molecule is CC(C)n1nccc1C(=O)Nc1cn[nH]c1Cl. The van der Waals surface area contributed by atoms with Crippen LogP contribution in [0, 0.1) is 0 Å². The van der Waals surface area contributed by atoms with Gasteiger partial charge in [-0.05, 0) is 19.9 Å². The second-order valence-electron chi connectivity index (χ2n) is 3.81. The first-order valence-electron chi connectivity index (χ1n) is 5.13. The lowest BCUT2D eigenvalue weighted by atomic mass is 10.3. The number of nitrogens with zero attached hydrogens (tertiary/aromatic N) is 3. The Kier molecular flexibility index (Phi) is 3.14. The van der Waals surface area contributed by atoms with E-state index in [-0.39, 0.29) is 11.9 Å². The number of hydrogen-bond acceptors (Lipinski definition) is 3. The Balaban J connectivity index is 2.21. The summed E-state index contributed by atoms with van der Waals surface area (Å²) in [5.41, 5.74) is 0.936. The van der Waals surface area contributed by atoms with Gasteiger partial charge in [0.2, 0.25) is 0 Å². The van der Waals surface area contributed by atoms with Gasteiger partial charge in [0.15, 0.2) is 0 Å². The summed E-state index contributed by atoms with van der Waals surface area (Å²) in [6.07, 6.45) is 3.04. The molecule has 2 aromatic heterocycles. The normalized spacial score (nSPS) is 10.8. The van der Waals surface area contributed by atoms with Gasteiger partial charge in [0.05, 0.1) is 11.9 Å². The van der Waals surface area contributed by atoms with Crippen molar-refractivity contribution in [2.75, 3.05) is 5.32 Å². The summed E-state index contributed by atoms with van der Waals surface area (Å²) in [5, 5.41) is 13.3. The first kappa shape index (κ1) is 11.7. The minimum atomic E-state index is -0.264. The lowest BCUT2D eigenvalue weighted by Crippen LogP contribution is -2.18. The molecule has 0 saturated heterocycles. The summed E-state index contributed by atoms with van der Waals surface area (Å²) in [5.74, 6) is -0.264. The van der Waals surface area contributed by atoms with Crippen LogP contribution in [0.2, 0.25) is 5.15 Å². The molecule has 0 bridgehead atoms. The molecule has 90 valence electrons. The highest BCUT2D eigenvalue weighted by Crippen LogP contribution is 2.18. The zero-order chi connectivity index (χ0) is 12.4. The fraction of sp³-hybridized carbons (Fsp3) is 0.300. The number of halogens is 1. The third-order valence-corrected chi connectivity index (χ3v) is 2.52. The summed E-state index contributed by atoms with van der Waals surface area (Å²) in [6.45, 7) is 3.91. The fourth-order valence-corrected chi connectivity index (χ4v) is 1.59. The monoisotopic (exact) mass is 253 g/mol. The van der Waals surface area contributed by atoms with E-state index in [2.05, 4.69) is 20.6 Å². The number of H-pyrrole nitrogens is 1. The molecule has 0 radical (unpaired) electrons. The van der Waals surface area contributed by atoms with E-state index in [4.69, 9.17) is 11.6 Å². The second kappa shape index (κ2) is 4.58. The maximum absolute atomic E-state index is 12.0. The third-order valence-electron chi connectivity index (χ3n) is 2.23. The summed E-state index contributed by atoms with van der Waals surface area (Å²) in [6, 6.07) is 1.77. The summed E-state index contributed by atoms with van der Waals surface area (Å²) < 4.78 is 1.64. The molecule has 1 amide bonds. The highest BCUT2D eigenvalue weighted by atomic mass is 35.5. The Morgan fingerprint density at radius 1 is 1.59 bits per heavy atom. The van der Waals surface area contributed by atoms with Gasteiger partial charge in [-0.3, -0.25) is 14.6 Å². The molecule has 2 heterocycles. The molecule has 0 saturated carbocycles. The standard InChI is InChI=1S/C10H12ClN5O/c1-6(2)16-8(3-4-13-16)10(17)14-7-5-12-15-9(7)11/h3-6H,1-2H3,(H,12,15)(H,14,17). The maximum Gasteiger partial charge on any atom is 0.274 e. The Hall–Kier alpha value is -1.82. The largest absolute Gasteiger partial charge is 0.317 e. The molecule has 2 rings (SSSR count). The van der Waals surface area contributed by atoms with Gasteiger partial charge >= 0.3 is 0 Å². The van der Waals surface area contributed by atoms with Gasteiger partial charge in [0.25, 0.3) is 5.91 Å². The number of aromatic nitrogens is 4. The molecule has 2 aromatic rings. The summed E-state index contributed by atoms with van der Waals surface area (Å²) in [4.78, 5) is 12.0. The Morgan fingerprint density at radius 2 is 2.35 bits per heavy atom. The molecule has 0 aliphatic rings. The van der Waals surface area contributed by atoms with Gasteiger partial charge in [-0.15, -0.1) is 0 Å². The minimum absolute atomic E-state index is 0.116. The van der Waals surface area contributed by atoms with Gasteiger partial charge in [-0.1, -0.05) is 11.6 Å². The lowest BCUT2D eigenvalue weighted by Gasteiger charge is -2.10. The molecule has 0 unspecified atom stereocenters. The van der Waals surface area contributed by atoms with Crippen LogP contribution in [0.5, 0.6) is 0 Å². The molecule has 0 aliphatic heterocycles. The molecule has 0 fully saturated rings. The van der Waals surface area contributed by atoms with Crippen molar-refractivity contribution < 1.29 is 4.79 Å². The van der Waals surface area contributed by atoms with E-state index >= 15 is 0 Å². The van der Waals surface area contributed by atoms with Crippen molar-refractivity contribution >= 4 is 23.2 Å². The number of hydrogen-bond donors (Lipinski definition) is 2. The van der Waals surface area contributed by atoms with E-state index in [1.54, 1.807) is 16.9 Å². The Bertz CT molecular complexity index is 530. The van der Waals surface area contributed by atoms with Crippen LogP contribution in [-0.2, 0) is 0 Å². The number of anilines is 1. The van der Waals surface area contributed by atoms with Gasteiger partial charge in [0, 0.05) is 12.2 Å². The quantitative estimate of drug-likeness (QED) is 0.879. The number of carbonyl (C=O) groups excluding carboxylic acids is 1. The highest BCUT2D eigenvalue weighted by Gasteiger charge is 2.15. The van der Waals surface area contributed by atoms with Gasteiger partial charge < -0.3 is 5.32 Å². The number of carbonyl (C=O) groups is 1. The second-order valence-corrected chi connectivity index (χ2v) is 4.18. The van der Waals surface area contributed by atoms with Crippen LogP contribution in [-0.4, -0.2) is 25.9 Å². The van der Waals surface area contributed by atoms with E-state index in [1.165, 1.54) is 6.20 Å². The highest BCUT2D eigenvalue weighted by molar-refractivity contribution is 6.32. The molecule has 6 nitrogen and oxygen atoms in total. The molecule has 17 heavy (non-hydrogen) atoms. The maximum atomic E-state index is 12.0. The number of rotatable bonds is 3. The number of aromatic amines is 1. The first-order valence-corrected chi connectivity index (χ1v) is 5.51. The van der Waals surface area contributed by atoms with Crippen LogP contribution in [0.3, 0.4) is 0 Å². The molecule has 0 aliphatic carbocycles. The average Bonchev–Trinajstić information content (AvgIpc) is 2.87. The van der Waals surface area contributed by atoms with Crippen molar-refractivity contribution in [3.05, 3.63) is 29.3 Å². The first-order chi connectivity index (χ1) is 8.09. The van der Waals surface area contributed by atoms with Crippen molar-refractivity contribution in [1.82, 2.24) is 20.0 Å². The molecule has 0 spiro atoms. The van der Waals surface area contributed by atoms with E-state index < -0.39 is 0 Å². The number of amides is 1. The molecular formula is C10H12ClN5O. The summed E-state index contributed by atoms with van der Waals surface area (Å²) >= 11 is 5.79. The van der Waals surface area contributed by atoms with Crippen molar-refractivity contribution in [1.29, 1.82) is 0 Å². The van der Waals surface area contributed by atoms with E-state index in [0.29, 0.717) is 16.5 Å². The Morgan fingerprint density at radius 3 is 2.94 bits per heavy atom. The van der Waals surface area contributed by atoms with Gasteiger partial charge in [-0.2, -0.15) is 10.2 Å². The van der Waals surface area contributed by atoms with Crippen LogP contribution in [0.4, 0.5) is 5.69 Å². The van der Waals surface area contributed by atoms with Crippen LogP contribution < -0.4 is 5.32 Å². The van der Waals surface area contributed by atoms with E-state index in [9.17, 15) is 4.79 Å². The summed E-state index contributed by atoms with van der Waals surface area (Å²) in [7, 11) is 0. The van der Waals surface area contributed by atoms with Gasteiger partial charge in [0.1, 0.15) is 10.8 Å². The zero-order valence-electron chi connectivity index (χ0n) is 9.44. The van der Waals surface area contributed by atoms with Crippen LogP contribution >= 0.6 is 11.6 Å². The van der Waals surface area contributed by atoms with E-state index in [1.807, 2.05) is 13.8 Å². The van der Waals surface area contributed by atoms with Crippen molar-refractivity contribution in [3.8, 4) is 0 Å². The molecule has 0 aromatic carbocycles. The van der Waals surface area contributed by atoms with Gasteiger partial charge in [-0.25, -0.2) is 0 Å². The molecular weight excluding hydrogens is 242 g/mol. The molecule has 0 atom stereocenters. The molecule has 7 heteroatoms. The average molecular weight is 254 g/mol. The van der Waals surface area contributed by atoms with Crippen molar-refractivity contribution in [2.24, 2.45) is 0 Å². The smallest absolute Gasteiger partial charge is 0.274 e. The topological polar surface area (TPSA) is 75.6 Å². The Labute approximate surface area is 103 Å². The van der Waals surface area contributed by atoms with Crippen LogP contribution in [0.1, 0.15) is 30.4 Å². The lowest BCUT2D eigenvalue weighted by molar-refractivity contribution is 0.101. The zero-order valence-corrected chi connectivity index (χ0v) is 10.2. The van der Waals surface area contributed by atoms with Crippen LogP contribution in [0.15, 0.2) is 18.5 Å². The molecule has 2 N–H and O–H groups in total. The predicted molar refractivity (Wildman–Crippen MR) is 64.2 cm³/mol. The number of nitrogens with one attached hydrogen (secondary N) is 2. The predicted octanol–water partition coefficient (Wildman–Crippen LogP) is 2.09. The minimum Gasteiger partial charge on any atom is -0.317 e. The van der Waals surface area contributed by atoms with E-state index in [0.717, 1.165) is 0 Å².